The van der Waals surface area contributed by atoms with Gasteiger partial charge in [0.2, 0.25) is 11.8 Å². The second-order valence-corrected chi connectivity index (χ2v) is 6.19. The van der Waals surface area contributed by atoms with Crippen molar-refractivity contribution in [2.45, 2.75) is 25.8 Å². The number of hydrogen-bond donors (Lipinski definition) is 2. The van der Waals surface area contributed by atoms with Crippen LogP contribution in [0.25, 0.3) is 0 Å². The second-order valence-electron chi connectivity index (χ2n) is 6.19. The minimum Gasteiger partial charge on any atom is -0.497 e. The molecule has 0 spiro atoms. The number of amides is 2. The molecule has 1 atom stereocenters. The normalized spacial score (nSPS) is 16.8. The van der Waals surface area contributed by atoms with Crippen LogP contribution in [0.2, 0.25) is 0 Å². The standard InChI is InChI=1S/C18H27N3O4/c1-12(21-7-5-13(6-8-21)18(23)19-2)17(22)20-14-9-15(24-3)11-16(10-14)25-4/h9-13H,5-8H2,1-4H3,(H,19,23)(H,20,22). The van der Waals surface area contributed by atoms with Gasteiger partial charge in [-0.25, -0.2) is 0 Å². The van der Waals surface area contributed by atoms with E-state index in [0.29, 0.717) is 17.2 Å². The minimum atomic E-state index is -0.275. The molecule has 7 heteroatoms. The van der Waals surface area contributed by atoms with E-state index in [1.165, 1.54) is 0 Å². The number of hydrogen-bond acceptors (Lipinski definition) is 5. The van der Waals surface area contributed by atoms with E-state index in [0.717, 1.165) is 25.9 Å². The van der Waals surface area contributed by atoms with Crippen molar-refractivity contribution in [2.24, 2.45) is 5.92 Å². The van der Waals surface area contributed by atoms with Crippen molar-refractivity contribution in [1.82, 2.24) is 10.2 Å². The van der Waals surface area contributed by atoms with Gasteiger partial charge < -0.3 is 20.1 Å². The van der Waals surface area contributed by atoms with Crippen LogP contribution >= 0.6 is 0 Å². The smallest absolute Gasteiger partial charge is 0.241 e. The number of rotatable bonds is 6. The van der Waals surface area contributed by atoms with Crippen LogP contribution in [0.4, 0.5) is 5.69 Å². The first kappa shape index (κ1) is 19.1. The maximum absolute atomic E-state index is 12.6. The summed E-state index contributed by atoms with van der Waals surface area (Å²) in [7, 11) is 4.80. The summed E-state index contributed by atoms with van der Waals surface area (Å²) in [6, 6.07) is 4.99. The molecule has 138 valence electrons. The van der Waals surface area contributed by atoms with Crippen LogP contribution < -0.4 is 20.1 Å². The van der Waals surface area contributed by atoms with Crippen molar-refractivity contribution in [3.63, 3.8) is 0 Å². The van der Waals surface area contributed by atoms with Crippen LogP contribution in [-0.4, -0.2) is 57.1 Å². The first-order valence-corrected chi connectivity index (χ1v) is 8.48. The molecule has 2 amide bonds. The molecule has 1 aliphatic rings. The number of nitrogens with zero attached hydrogens (tertiary/aromatic N) is 1. The summed E-state index contributed by atoms with van der Waals surface area (Å²) in [5.41, 5.74) is 0.633. The van der Waals surface area contributed by atoms with Crippen LogP contribution in [0.5, 0.6) is 11.5 Å². The van der Waals surface area contributed by atoms with Gasteiger partial charge in [0.15, 0.2) is 0 Å². The zero-order chi connectivity index (χ0) is 18.4. The molecule has 2 N–H and O–H groups in total. The van der Waals surface area contributed by atoms with Crippen molar-refractivity contribution in [3.05, 3.63) is 18.2 Å². The van der Waals surface area contributed by atoms with Crippen molar-refractivity contribution >= 4 is 17.5 Å². The molecule has 1 aliphatic heterocycles. The largest absolute Gasteiger partial charge is 0.497 e. The number of carbonyl (C=O) groups excluding carboxylic acids is 2. The van der Waals surface area contributed by atoms with Gasteiger partial charge in [-0.15, -0.1) is 0 Å². The molecule has 0 bridgehead atoms. The second kappa shape index (κ2) is 8.71. The van der Waals surface area contributed by atoms with E-state index in [-0.39, 0.29) is 23.8 Å². The van der Waals surface area contributed by atoms with E-state index in [2.05, 4.69) is 15.5 Å². The molecule has 1 fully saturated rings. The summed E-state index contributed by atoms with van der Waals surface area (Å²) in [6.07, 6.45) is 1.54. The zero-order valence-electron chi connectivity index (χ0n) is 15.3. The summed E-state index contributed by atoms with van der Waals surface area (Å²) < 4.78 is 10.4. The van der Waals surface area contributed by atoms with Crippen LogP contribution in [0, 0.1) is 5.92 Å². The van der Waals surface area contributed by atoms with E-state index in [1.54, 1.807) is 39.5 Å². The maximum Gasteiger partial charge on any atom is 0.241 e. The third-order valence-corrected chi connectivity index (χ3v) is 4.69. The molecule has 0 aliphatic carbocycles. The van der Waals surface area contributed by atoms with Gasteiger partial charge in [0.25, 0.3) is 0 Å². The Morgan fingerprint density at radius 3 is 2.16 bits per heavy atom. The lowest BCUT2D eigenvalue weighted by molar-refractivity contribution is -0.126. The Balaban J connectivity index is 1.96. The predicted octanol–water partition coefficient (Wildman–Crippen LogP) is 1.49. The topological polar surface area (TPSA) is 79.9 Å². The molecular formula is C18H27N3O4. The van der Waals surface area contributed by atoms with E-state index in [1.807, 2.05) is 6.92 Å². The third kappa shape index (κ3) is 4.85. The summed E-state index contributed by atoms with van der Waals surface area (Å²) in [5.74, 6) is 1.27. The Morgan fingerprint density at radius 2 is 1.68 bits per heavy atom. The van der Waals surface area contributed by atoms with Gasteiger partial charge in [0.05, 0.1) is 20.3 Å². The quantitative estimate of drug-likeness (QED) is 0.813. The molecule has 2 rings (SSSR count). The van der Waals surface area contributed by atoms with Gasteiger partial charge in [0, 0.05) is 36.9 Å². The highest BCUT2D eigenvalue weighted by molar-refractivity contribution is 5.95. The van der Waals surface area contributed by atoms with Crippen molar-refractivity contribution in [3.8, 4) is 11.5 Å². The lowest BCUT2D eigenvalue weighted by Gasteiger charge is -2.34. The Labute approximate surface area is 148 Å². The fraction of sp³-hybridized carbons (Fsp3) is 0.556. The molecule has 1 unspecified atom stereocenters. The molecule has 1 aromatic carbocycles. The number of benzene rings is 1. The molecule has 0 saturated carbocycles. The van der Waals surface area contributed by atoms with Crippen LogP contribution in [0.15, 0.2) is 18.2 Å². The molecule has 0 radical (unpaired) electrons. The van der Waals surface area contributed by atoms with Crippen LogP contribution in [-0.2, 0) is 9.59 Å². The first-order chi connectivity index (χ1) is 12.0. The highest BCUT2D eigenvalue weighted by atomic mass is 16.5. The van der Waals surface area contributed by atoms with Gasteiger partial charge in [-0.05, 0) is 32.9 Å². The summed E-state index contributed by atoms with van der Waals surface area (Å²) in [6.45, 7) is 3.34. The van der Waals surface area contributed by atoms with Gasteiger partial charge in [-0.3, -0.25) is 14.5 Å². The molecule has 1 aromatic rings. The van der Waals surface area contributed by atoms with Crippen molar-refractivity contribution < 1.29 is 19.1 Å². The van der Waals surface area contributed by atoms with Crippen molar-refractivity contribution in [2.75, 3.05) is 39.7 Å². The van der Waals surface area contributed by atoms with Gasteiger partial charge in [-0.2, -0.15) is 0 Å². The number of anilines is 1. The Morgan fingerprint density at radius 1 is 1.12 bits per heavy atom. The number of piperidine rings is 1. The molecule has 25 heavy (non-hydrogen) atoms. The summed E-state index contributed by atoms with van der Waals surface area (Å²) >= 11 is 0. The highest BCUT2D eigenvalue weighted by Gasteiger charge is 2.29. The third-order valence-electron chi connectivity index (χ3n) is 4.69. The summed E-state index contributed by atoms with van der Waals surface area (Å²) in [4.78, 5) is 26.4. The lowest BCUT2D eigenvalue weighted by atomic mass is 9.95. The molecule has 7 nitrogen and oxygen atoms in total. The fourth-order valence-electron chi connectivity index (χ4n) is 3.05. The fourth-order valence-corrected chi connectivity index (χ4v) is 3.05. The van der Waals surface area contributed by atoms with Crippen molar-refractivity contribution in [1.29, 1.82) is 0 Å². The number of nitrogens with one attached hydrogen (secondary N) is 2. The van der Waals surface area contributed by atoms with E-state index in [4.69, 9.17) is 9.47 Å². The number of carbonyl (C=O) groups is 2. The first-order valence-electron chi connectivity index (χ1n) is 8.48. The van der Waals surface area contributed by atoms with Crippen LogP contribution in [0.3, 0.4) is 0 Å². The zero-order valence-corrected chi connectivity index (χ0v) is 15.3. The number of likely N-dealkylation sites (tertiary alicyclic amines) is 1. The average Bonchev–Trinajstić information content (AvgIpc) is 2.66. The van der Waals surface area contributed by atoms with Crippen LogP contribution in [0.1, 0.15) is 19.8 Å². The molecule has 1 saturated heterocycles. The number of ether oxygens (including phenoxy) is 2. The number of methoxy groups -OCH3 is 2. The maximum atomic E-state index is 12.6. The lowest BCUT2D eigenvalue weighted by Crippen LogP contribution is -2.47. The van der Waals surface area contributed by atoms with Gasteiger partial charge in [-0.1, -0.05) is 0 Å². The minimum absolute atomic E-state index is 0.0409. The molecular weight excluding hydrogens is 322 g/mol. The Hall–Kier alpha value is -2.28. The SMILES string of the molecule is CNC(=O)C1CCN(C(C)C(=O)Nc2cc(OC)cc(OC)c2)CC1. The molecule has 0 aromatic heterocycles. The summed E-state index contributed by atoms with van der Waals surface area (Å²) in [5, 5.41) is 5.61. The predicted molar refractivity (Wildman–Crippen MR) is 96.0 cm³/mol. The highest BCUT2D eigenvalue weighted by Crippen LogP contribution is 2.26. The monoisotopic (exact) mass is 349 g/mol. The average molecular weight is 349 g/mol. The Kier molecular flexibility index (Phi) is 6.64. The van der Waals surface area contributed by atoms with Gasteiger partial charge in [0.1, 0.15) is 11.5 Å². The molecule has 1 heterocycles. The van der Waals surface area contributed by atoms with Gasteiger partial charge >= 0.3 is 0 Å². The Bertz CT molecular complexity index is 590. The van der Waals surface area contributed by atoms with E-state index in [9.17, 15) is 9.59 Å². The van der Waals surface area contributed by atoms with E-state index < -0.39 is 0 Å². The van der Waals surface area contributed by atoms with E-state index >= 15 is 0 Å².